The van der Waals surface area contributed by atoms with Crippen LogP contribution in [0.4, 0.5) is 0 Å². The van der Waals surface area contributed by atoms with Crippen LogP contribution in [0.2, 0.25) is 0 Å². The fourth-order valence-corrected chi connectivity index (χ4v) is 2.89. The van der Waals surface area contributed by atoms with Gasteiger partial charge in [0.2, 0.25) is 5.91 Å². The second kappa shape index (κ2) is 7.32. The SMILES string of the molecule is NC(=O)c1cc(-c2ccccc2OCc2ccccc2)ccc1Br. The zero-order valence-electron chi connectivity index (χ0n) is 12.9. The highest BCUT2D eigenvalue weighted by molar-refractivity contribution is 9.10. The summed E-state index contributed by atoms with van der Waals surface area (Å²) in [6.45, 7) is 0.483. The molecule has 1 amide bonds. The molecular formula is C20H16BrNO2. The number of halogens is 1. The van der Waals surface area contributed by atoms with Crippen molar-refractivity contribution in [3.63, 3.8) is 0 Å². The zero-order valence-corrected chi connectivity index (χ0v) is 14.5. The summed E-state index contributed by atoms with van der Waals surface area (Å²) in [6, 6.07) is 23.3. The number of amides is 1. The molecule has 4 heteroatoms. The van der Waals surface area contributed by atoms with E-state index in [9.17, 15) is 4.79 Å². The Labute approximate surface area is 149 Å². The van der Waals surface area contributed by atoms with E-state index in [0.29, 0.717) is 16.6 Å². The number of hydrogen-bond acceptors (Lipinski definition) is 2. The Morgan fingerprint density at radius 2 is 1.67 bits per heavy atom. The molecule has 0 aliphatic carbocycles. The van der Waals surface area contributed by atoms with Gasteiger partial charge in [-0.2, -0.15) is 0 Å². The fraction of sp³-hybridized carbons (Fsp3) is 0.0500. The van der Waals surface area contributed by atoms with Crippen molar-refractivity contribution >= 4 is 21.8 Å². The van der Waals surface area contributed by atoms with E-state index >= 15 is 0 Å². The number of para-hydroxylation sites is 1. The maximum absolute atomic E-state index is 11.6. The predicted octanol–water partition coefficient (Wildman–Crippen LogP) is 4.79. The highest BCUT2D eigenvalue weighted by Crippen LogP contribution is 2.32. The fourth-order valence-electron chi connectivity index (χ4n) is 2.45. The Bertz CT molecular complexity index is 863. The van der Waals surface area contributed by atoms with Crippen molar-refractivity contribution in [1.29, 1.82) is 0 Å². The molecule has 3 nitrogen and oxygen atoms in total. The van der Waals surface area contributed by atoms with E-state index in [1.807, 2.05) is 66.7 Å². The van der Waals surface area contributed by atoms with Crippen molar-refractivity contribution in [2.24, 2.45) is 5.73 Å². The minimum atomic E-state index is -0.466. The predicted molar refractivity (Wildman–Crippen MR) is 98.9 cm³/mol. The van der Waals surface area contributed by atoms with Crippen LogP contribution in [-0.4, -0.2) is 5.91 Å². The molecular weight excluding hydrogens is 366 g/mol. The van der Waals surface area contributed by atoms with Crippen LogP contribution in [0.5, 0.6) is 5.75 Å². The van der Waals surface area contributed by atoms with Gasteiger partial charge in [0, 0.05) is 10.0 Å². The van der Waals surface area contributed by atoms with Crippen molar-refractivity contribution in [2.45, 2.75) is 6.61 Å². The summed E-state index contributed by atoms with van der Waals surface area (Å²) in [7, 11) is 0. The highest BCUT2D eigenvalue weighted by Gasteiger charge is 2.11. The average molecular weight is 382 g/mol. The molecule has 0 fully saturated rings. The lowest BCUT2D eigenvalue weighted by atomic mass is 10.0. The monoisotopic (exact) mass is 381 g/mol. The van der Waals surface area contributed by atoms with Gasteiger partial charge in [-0.05, 0) is 45.3 Å². The largest absolute Gasteiger partial charge is 0.488 e. The molecule has 0 saturated heterocycles. The number of ether oxygens (including phenoxy) is 1. The minimum absolute atomic E-state index is 0.449. The molecule has 2 N–H and O–H groups in total. The molecule has 0 aliphatic rings. The lowest BCUT2D eigenvalue weighted by Gasteiger charge is -2.13. The quantitative estimate of drug-likeness (QED) is 0.690. The average Bonchev–Trinajstić information content (AvgIpc) is 2.61. The van der Waals surface area contributed by atoms with Gasteiger partial charge >= 0.3 is 0 Å². The summed E-state index contributed by atoms with van der Waals surface area (Å²) in [4.78, 5) is 11.6. The number of rotatable bonds is 5. The Morgan fingerprint density at radius 1 is 0.958 bits per heavy atom. The smallest absolute Gasteiger partial charge is 0.249 e. The Morgan fingerprint density at radius 3 is 2.42 bits per heavy atom. The maximum atomic E-state index is 11.6. The van der Waals surface area contributed by atoms with Crippen molar-refractivity contribution in [1.82, 2.24) is 0 Å². The van der Waals surface area contributed by atoms with Crippen LogP contribution in [0.25, 0.3) is 11.1 Å². The molecule has 0 bridgehead atoms. The lowest BCUT2D eigenvalue weighted by Crippen LogP contribution is -2.11. The van der Waals surface area contributed by atoms with Crippen molar-refractivity contribution in [3.05, 3.63) is 88.4 Å². The van der Waals surface area contributed by atoms with Gasteiger partial charge in [0.05, 0.1) is 5.56 Å². The van der Waals surface area contributed by atoms with Gasteiger partial charge in [-0.3, -0.25) is 4.79 Å². The molecule has 0 heterocycles. The molecule has 0 aliphatic heterocycles. The van der Waals surface area contributed by atoms with Crippen LogP contribution in [0, 0.1) is 0 Å². The van der Waals surface area contributed by atoms with Gasteiger partial charge in [-0.15, -0.1) is 0 Å². The van der Waals surface area contributed by atoms with E-state index in [1.165, 1.54) is 0 Å². The highest BCUT2D eigenvalue weighted by atomic mass is 79.9. The molecule has 0 saturated carbocycles. The summed E-state index contributed by atoms with van der Waals surface area (Å²) in [6.07, 6.45) is 0. The van der Waals surface area contributed by atoms with Gasteiger partial charge in [-0.1, -0.05) is 54.6 Å². The number of carbonyl (C=O) groups is 1. The second-order valence-corrected chi connectivity index (χ2v) is 6.18. The summed E-state index contributed by atoms with van der Waals surface area (Å²) < 4.78 is 6.66. The molecule has 0 atom stereocenters. The van der Waals surface area contributed by atoms with E-state index in [0.717, 1.165) is 22.4 Å². The van der Waals surface area contributed by atoms with Gasteiger partial charge in [0.25, 0.3) is 0 Å². The van der Waals surface area contributed by atoms with E-state index < -0.39 is 5.91 Å². The molecule has 3 aromatic rings. The van der Waals surface area contributed by atoms with Gasteiger partial charge in [-0.25, -0.2) is 0 Å². The van der Waals surface area contributed by atoms with Crippen molar-refractivity contribution in [3.8, 4) is 16.9 Å². The summed E-state index contributed by atoms with van der Waals surface area (Å²) in [5.41, 5.74) is 8.79. The summed E-state index contributed by atoms with van der Waals surface area (Å²) in [5, 5.41) is 0. The Hall–Kier alpha value is -2.59. The topological polar surface area (TPSA) is 52.3 Å². The van der Waals surface area contributed by atoms with E-state index in [4.69, 9.17) is 10.5 Å². The normalized spacial score (nSPS) is 10.4. The van der Waals surface area contributed by atoms with Crippen LogP contribution in [-0.2, 0) is 6.61 Å². The summed E-state index contributed by atoms with van der Waals surface area (Å²) in [5.74, 6) is 0.297. The van der Waals surface area contributed by atoms with E-state index in [1.54, 1.807) is 6.07 Å². The first-order chi connectivity index (χ1) is 11.6. The molecule has 0 spiro atoms. The molecule has 0 unspecified atom stereocenters. The first-order valence-electron chi connectivity index (χ1n) is 7.50. The van der Waals surface area contributed by atoms with Crippen LogP contribution >= 0.6 is 15.9 Å². The minimum Gasteiger partial charge on any atom is -0.488 e. The second-order valence-electron chi connectivity index (χ2n) is 5.33. The molecule has 120 valence electrons. The maximum Gasteiger partial charge on any atom is 0.249 e. The van der Waals surface area contributed by atoms with Crippen LogP contribution in [0.15, 0.2) is 77.3 Å². The van der Waals surface area contributed by atoms with Crippen LogP contribution < -0.4 is 10.5 Å². The zero-order chi connectivity index (χ0) is 16.9. The number of nitrogens with two attached hydrogens (primary N) is 1. The Balaban J connectivity index is 1.92. The number of hydrogen-bond donors (Lipinski definition) is 1. The third kappa shape index (κ3) is 3.66. The van der Waals surface area contributed by atoms with Gasteiger partial charge in [0.15, 0.2) is 0 Å². The first-order valence-corrected chi connectivity index (χ1v) is 8.30. The molecule has 3 aromatic carbocycles. The van der Waals surface area contributed by atoms with Gasteiger partial charge < -0.3 is 10.5 Å². The third-order valence-corrected chi connectivity index (χ3v) is 4.36. The summed E-state index contributed by atoms with van der Waals surface area (Å²) >= 11 is 3.35. The first kappa shape index (κ1) is 16.3. The van der Waals surface area contributed by atoms with E-state index in [2.05, 4.69) is 15.9 Å². The third-order valence-electron chi connectivity index (χ3n) is 3.67. The molecule has 24 heavy (non-hydrogen) atoms. The number of carbonyl (C=O) groups excluding carboxylic acids is 1. The standard InChI is InChI=1S/C20H16BrNO2/c21-18-11-10-15(12-17(18)20(22)23)16-8-4-5-9-19(16)24-13-14-6-2-1-3-7-14/h1-12H,13H2,(H2,22,23). The molecule has 3 rings (SSSR count). The van der Waals surface area contributed by atoms with Gasteiger partial charge in [0.1, 0.15) is 12.4 Å². The lowest BCUT2D eigenvalue weighted by molar-refractivity contribution is 0.0999. The molecule has 0 radical (unpaired) electrons. The number of primary amides is 1. The van der Waals surface area contributed by atoms with E-state index in [-0.39, 0.29) is 0 Å². The Kier molecular flexibility index (Phi) is 4.96. The van der Waals surface area contributed by atoms with Crippen LogP contribution in [0.3, 0.4) is 0 Å². The van der Waals surface area contributed by atoms with Crippen molar-refractivity contribution in [2.75, 3.05) is 0 Å². The molecule has 0 aromatic heterocycles. The van der Waals surface area contributed by atoms with Crippen LogP contribution in [0.1, 0.15) is 15.9 Å². The number of benzene rings is 3. The van der Waals surface area contributed by atoms with Crippen molar-refractivity contribution < 1.29 is 9.53 Å².